The lowest BCUT2D eigenvalue weighted by Crippen LogP contribution is -2.31. The fourth-order valence-corrected chi connectivity index (χ4v) is 1.80. The zero-order valence-corrected chi connectivity index (χ0v) is 8.63. The number of nitrogens with one attached hydrogen (secondary N) is 1. The molecule has 66 valence electrons. The Bertz CT molecular complexity index is 282. The molecule has 1 unspecified atom stereocenters. The van der Waals surface area contributed by atoms with Gasteiger partial charge in [0.1, 0.15) is 5.01 Å². The van der Waals surface area contributed by atoms with Crippen molar-refractivity contribution in [3.05, 3.63) is 16.1 Å². The lowest BCUT2D eigenvalue weighted by molar-refractivity contribution is 0.713. The summed E-state index contributed by atoms with van der Waals surface area (Å²) in [5.74, 6) is 0. The van der Waals surface area contributed by atoms with E-state index in [1.165, 1.54) is 4.88 Å². The van der Waals surface area contributed by atoms with E-state index >= 15 is 0 Å². The van der Waals surface area contributed by atoms with Crippen molar-refractivity contribution in [1.82, 2.24) is 10.3 Å². The number of thiazole rings is 1. The molecule has 1 aromatic rings. The highest BCUT2D eigenvalue weighted by Crippen LogP contribution is 2.18. The molecule has 0 fully saturated rings. The first-order valence-electron chi connectivity index (χ1n) is 3.58. The smallest absolute Gasteiger partial charge is 0.164 e. The number of hydrogen-bond donors (Lipinski definition) is 2. The molecule has 0 aliphatic rings. The number of nitrogens with two attached hydrogens (primary N) is 1. The van der Waals surface area contributed by atoms with Gasteiger partial charge in [-0.1, -0.05) is 0 Å². The molecule has 1 heterocycles. The van der Waals surface area contributed by atoms with Gasteiger partial charge in [-0.2, -0.15) is 0 Å². The minimum absolute atomic E-state index is 0.112. The van der Waals surface area contributed by atoms with Crippen molar-refractivity contribution in [2.75, 3.05) is 0 Å². The Morgan fingerprint density at radius 3 is 2.92 bits per heavy atom. The molecular weight excluding hydrogens is 190 g/mol. The summed E-state index contributed by atoms with van der Waals surface area (Å²) in [5.41, 5.74) is 5.33. The van der Waals surface area contributed by atoms with Crippen LogP contribution in [0.5, 0.6) is 0 Å². The molecule has 1 aromatic heterocycles. The van der Waals surface area contributed by atoms with Crippen molar-refractivity contribution in [3.8, 4) is 0 Å². The van der Waals surface area contributed by atoms with E-state index in [-0.39, 0.29) is 6.04 Å². The Morgan fingerprint density at radius 1 is 1.83 bits per heavy atom. The first-order valence-corrected chi connectivity index (χ1v) is 4.80. The molecule has 0 aliphatic carbocycles. The normalized spacial score (nSPS) is 12.5. The zero-order valence-electron chi connectivity index (χ0n) is 7.00. The Hall–Kier alpha value is -0.680. The first-order chi connectivity index (χ1) is 5.59. The van der Waals surface area contributed by atoms with Gasteiger partial charge in [0.2, 0.25) is 0 Å². The fourth-order valence-electron chi connectivity index (χ4n) is 0.847. The van der Waals surface area contributed by atoms with Crippen LogP contribution in [-0.2, 0) is 0 Å². The Morgan fingerprint density at radius 2 is 2.50 bits per heavy atom. The number of aryl methyl sites for hydroxylation is 1. The second kappa shape index (κ2) is 3.82. The topological polar surface area (TPSA) is 50.9 Å². The van der Waals surface area contributed by atoms with Crippen molar-refractivity contribution in [2.24, 2.45) is 5.73 Å². The van der Waals surface area contributed by atoms with Gasteiger partial charge in [0.25, 0.3) is 0 Å². The molecule has 0 saturated heterocycles. The highest BCUT2D eigenvalue weighted by Gasteiger charge is 2.08. The van der Waals surface area contributed by atoms with E-state index in [1.807, 2.05) is 20.0 Å². The summed E-state index contributed by atoms with van der Waals surface area (Å²) in [5, 5.41) is 4.26. The van der Waals surface area contributed by atoms with Crippen LogP contribution in [0.1, 0.15) is 22.9 Å². The van der Waals surface area contributed by atoms with E-state index in [2.05, 4.69) is 10.3 Å². The van der Waals surface area contributed by atoms with Crippen molar-refractivity contribution < 1.29 is 0 Å². The molecule has 3 N–H and O–H groups in total. The van der Waals surface area contributed by atoms with Gasteiger partial charge >= 0.3 is 0 Å². The van der Waals surface area contributed by atoms with Gasteiger partial charge in [0.05, 0.1) is 6.04 Å². The number of thiocarbonyl (C=S) groups is 1. The maximum Gasteiger partial charge on any atom is 0.164 e. The van der Waals surface area contributed by atoms with Gasteiger partial charge < -0.3 is 11.1 Å². The number of hydrogen-bond acceptors (Lipinski definition) is 3. The summed E-state index contributed by atoms with van der Waals surface area (Å²) in [7, 11) is 0. The summed E-state index contributed by atoms with van der Waals surface area (Å²) in [4.78, 5) is 5.41. The third kappa shape index (κ3) is 2.42. The van der Waals surface area contributed by atoms with Crippen LogP contribution in [0.2, 0.25) is 0 Å². The molecule has 0 saturated carbocycles. The summed E-state index contributed by atoms with van der Waals surface area (Å²) in [6.07, 6.45) is 1.84. The second-order valence-electron chi connectivity index (χ2n) is 2.54. The van der Waals surface area contributed by atoms with Gasteiger partial charge in [-0.05, 0) is 26.1 Å². The zero-order chi connectivity index (χ0) is 9.14. The summed E-state index contributed by atoms with van der Waals surface area (Å²) >= 11 is 6.37. The molecule has 0 radical (unpaired) electrons. The van der Waals surface area contributed by atoms with Crippen LogP contribution in [0, 0.1) is 6.92 Å². The molecule has 0 amide bonds. The van der Waals surface area contributed by atoms with Crippen molar-refractivity contribution in [2.45, 2.75) is 19.9 Å². The standard InChI is InChI=1S/C7H11N3S2/c1-4-3-9-6(12-4)5(2)10-7(8)11/h3,5H,1-2H3,(H3,8,10,11). The van der Waals surface area contributed by atoms with Crippen LogP contribution in [0.25, 0.3) is 0 Å². The van der Waals surface area contributed by atoms with Crippen LogP contribution >= 0.6 is 23.6 Å². The van der Waals surface area contributed by atoms with Crippen LogP contribution in [0.3, 0.4) is 0 Å². The molecule has 1 atom stereocenters. The van der Waals surface area contributed by atoms with Crippen molar-refractivity contribution in [1.29, 1.82) is 0 Å². The van der Waals surface area contributed by atoms with Crippen LogP contribution in [0.15, 0.2) is 6.20 Å². The van der Waals surface area contributed by atoms with E-state index in [0.717, 1.165) is 5.01 Å². The summed E-state index contributed by atoms with van der Waals surface area (Å²) in [6.45, 7) is 4.01. The van der Waals surface area contributed by atoms with Gasteiger partial charge in [-0.15, -0.1) is 11.3 Å². The average molecular weight is 201 g/mol. The molecule has 0 aliphatic heterocycles. The molecule has 1 rings (SSSR count). The Kier molecular flexibility index (Phi) is 2.99. The van der Waals surface area contributed by atoms with Crippen molar-refractivity contribution in [3.63, 3.8) is 0 Å². The van der Waals surface area contributed by atoms with Crippen LogP contribution < -0.4 is 11.1 Å². The highest BCUT2D eigenvalue weighted by molar-refractivity contribution is 7.80. The maximum absolute atomic E-state index is 5.33. The highest BCUT2D eigenvalue weighted by atomic mass is 32.1. The number of aromatic nitrogens is 1. The second-order valence-corrected chi connectivity index (χ2v) is 4.25. The largest absolute Gasteiger partial charge is 0.376 e. The predicted molar refractivity (Wildman–Crippen MR) is 55.2 cm³/mol. The molecule has 3 nitrogen and oxygen atoms in total. The predicted octanol–water partition coefficient (Wildman–Crippen LogP) is 1.35. The number of nitrogens with zero attached hydrogens (tertiary/aromatic N) is 1. The first kappa shape index (κ1) is 9.41. The minimum Gasteiger partial charge on any atom is -0.376 e. The van der Waals surface area contributed by atoms with Gasteiger partial charge in [-0.3, -0.25) is 0 Å². The fraction of sp³-hybridized carbons (Fsp3) is 0.429. The van der Waals surface area contributed by atoms with Gasteiger partial charge in [-0.25, -0.2) is 4.98 Å². The third-order valence-corrected chi connectivity index (χ3v) is 2.58. The molecule has 5 heteroatoms. The maximum atomic E-state index is 5.33. The van der Waals surface area contributed by atoms with E-state index in [9.17, 15) is 0 Å². The Labute approximate surface area is 81.0 Å². The van der Waals surface area contributed by atoms with E-state index in [4.69, 9.17) is 18.0 Å². The number of rotatable bonds is 2. The van der Waals surface area contributed by atoms with E-state index in [0.29, 0.717) is 5.11 Å². The van der Waals surface area contributed by atoms with Crippen LogP contribution in [-0.4, -0.2) is 10.1 Å². The van der Waals surface area contributed by atoms with Gasteiger partial charge in [0.15, 0.2) is 5.11 Å². The molecule has 0 aromatic carbocycles. The van der Waals surface area contributed by atoms with E-state index in [1.54, 1.807) is 11.3 Å². The monoisotopic (exact) mass is 201 g/mol. The Balaban J connectivity index is 2.64. The average Bonchev–Trinajstić information content (AvgIpc) is 2.34. The minimum atomic E-state index is 0.112. The summed E-state index contributed by atoms with van der Waals surface area (Å²) < 4.78 is 0. The van der Waals surface area contributed by atoms with Crippen LogP contribution in [0.4, 0.5) is 0 Å². The third-order valence-electron chi connectivity index (χ3n) is 1.37. The lowest BCUT2D eigenvalue weighted by atomic mass is 10.4. The lowest BCUT2D eigenvalue weighted by Gasteiger charge is -2.09. The summed E-state index contributed by atoms with van der Waals surface area (Å²) in [6, 6.07) is 0.112. The van der Waals surface area contributed by atoms with E-state index < -0.39 is 0 Å². The SMILES string of the molecule is Cc1cnc(C(C)NC(N)=S)s1. The molecular formula is C7H11N3S2. The molecule has 0 bridgehead atoms. The van der Waals surface area contributed by atoms with Crippen molar-refractivity contribution >= 4 is 28.7 Å². The van der Waals surface area contributed by atoms with Gasteiger partial charge in [0, 0.05) is 11.1 Å². The quantitative estimate of drug-likeness (QED) is 0.709. The molecule has 0 spiro atoms. The molecule has 12 heavy (non-hydrogen) atoms.